The number of ether oxygens (including phenoxy) is 2. The lowest BCUT2D eigenvalue weighted by Gasteiger charge is -2.51. The summed E-state index contributed by atoms with van der Waals surface area (Å²) in [5, 5.41) is 10.3. The van der Waals surface area contributed by atoms with E-state index < -0.39 is 29.8 Å². The van der Waals surface area contributed by atoms with Crippen molar-refractivity contribution in [3.8, 4) is 0 Å². The average Bonchev–Trinajstić information content (AvgIpc) is 2.58. The zero-order valence-corrected chi connectivity index (χ0v) is 15.6. The Labute approximate surface area is 154 Å². The number of aliphatic hydroxyl groups is 1. The molecule has 2 aliphatic heterocycles. The molecule has 3 aliphatic rings. The predicted octanol–water partition coefficient (Wildman–Crippen LogP) is 2.88. The normalized spacial score (nSPS) is 27.9. The average molecular weight is 361 g/mol. The van der Waals surface area contributed by atoms with Gasteiger partial charge in [0.2, 0.25) is 0 Å². The molecule has 142 valence electrons. The van der Waals surface area contributed by atoms with Crippen LogP contribution in [0.2, 0.25) is 0 Å². The molecule has 2 saturated heterocycles. The van der Waals surface area contributed by atoms with Gasteiger partial charge in [0.25, 0.3) is 0 Å². The number of piperidine rings is 2. The highest BCUT2D eigenvalue weighted by atomic mass is 16.6. The second kappa shape index (κ2) is 7.27. The molecule has 6 heteroatoms. The SMILES string of the molecule is CC(C)(C)OC(=O)N1[C@H]2CC[C@H](C(O)C2)[C@H]1C(=O)OCc1ccccc1. The molecule has 2 bridgehead atoms. The van der Waals surface area contributed by atoms with Gasteiger partial charge in [-0.25, -0.2) is 9.59 Å². The first-order chi connectivity index (χ1) is 12.3. The fraction of sp³-hybridized carbons (Fsp3) is 0.600. The minimum Gasteiger partial charge on any atom is -0.459 e. The molecule has 0 spiro atoms. The molecule has 1 aromatic carbocycles. The topological polar surface area (TPSA) is 76.1 Å². The molecule has 2 heterocycles. The van der Waals surface area contributed by atoms with Crippen LogP contribution >= 0.6 is 0 Å². The number of esters is 1. The summed E-state index contributed by atoms with van der Waals surface area (Å²) in [5.74, 6) is -0.788. The number of rotatable bonds is 3. The van der Waals surface area contributed by atoms with Crippen molar-refractivity contribution in [1.29, 1.82) is 0 Å². The van der Waals surface area contributed by atoms with Crippen LogP contribution in [0.25, 0.3) is 0 Å². The molecule has 1 N–H and O–H groups in total. The van der Waals surface area contributed by atoms with E-state index in [0.29, 0.717) is 12.8 Å². The maximum atomic E-state index is 12.8. The van der Waals surface area contributed by atoms with Crippen LogP contribution < -0.4 is 0 Å². The van der Waals surface area contributed by atoms with Crippen LogP contribution in [0.5, 0.6) is 0 Å². The summed E-state index contributed by atoms with van der Waals surface area (Å²) in [6.07, 6.45) is 0.842. The molecule has 0 aromatic heterocycles. The summed E-state index contributed by atoms with van der Waals surface area (Å²) >= 11 is 0. The van der Waals surface area contributed by atoms with Crippen LogP contribution in [0.3, 0.4) is 0 Å². The summed E-state index contributed by atoms with van der Waals surface area (Å²) in [7, 11) is 0. The number of nitrogens with zero attached hydrogens (tertiary/aromatic N) is 1. The van der Waals surface area contributed by atoms with Gasteiger partial charge in [-0.15, -0.1) is 0 Å². The van der Waals surface area contributed by atoms with Gasteiger partial charge in [-0.3, -0.25) is 4.90 Å². The second-order valence-electron chi connectivity index (χ2n) is 8.12. The molecule has 1 amide bonds. The molecule has 1 saturated carbocycles. The summed E-state index contributed by atoms with van der Waals surface area (Å²) < 4.78 is 11.0. The van der Waals surface area contributed by atoms with E-state index in [1.54, 1.807) is 20.8 Å². The van der Waals surface area contributed by atoms with Crippen LogP contribution in [0.15, 0.2) is 30.3 Å². The van der Waals surface area contributed by atoms with Gasteiger partial charge in [-0.2, -0.15) is 0 Å². The van der Waals surface area contributed by atoms with Gasteiger partial charge in [0.15, 0.2) is 0 Å². The number of fused-ring (bicyclic) bond motifs is 3. The summed E-state index contributed by atoms with van der Waals surface area (Å²) in [4.78, 5) is 27.0. The van der Waals surface area contributed by atoms with Crippen LogP contribution in [0.4, 0.5) is 4.79 Å². The lowest BCUT2D eigenvalue weighted by Crippen LogP contribution is -2.65. The highest BCUT2D eigenvalue weighted by molar-refractivity contribution is 5.83. The third kappa shape index (κ3) is 4.01. The first kappa shape index (κ1) is 18.7. The lowest BCUT2D eigenvalue weighted by atomic mass is 9.73. The Kier molecular flexibility index (Phi) is 5.23. The van der Waals surface area contributed by atoms with E-state index >= 15 is 0 Å². The Morgan fingerprint density at radius 1 is 1.19 bits per heavy atom. The zero-order chi connectivity index (χ0) is 18.9. The number of amides is 1. The third-order valence-corrected chi connectivity index (χ3v) is 5.01. The van der Waals surface area contributed by atoms with Gasteiger partial charge in [0.1, 0.15) is 18.2 Å². The van der Waals surface area contributed by atoms with Crippen molar-refractivity contribution < 1.29 is 24.2 Å². The minimum atomic E-state index is -0.795. The van der Waals surface area contributed by atoms with Gasteiger partial charge in [-0.1, -0.05) is 30.3 Å². The van der Waals surface area contributed by atoms with Gasteiger partial charge >= 0.3 is 12.1 Å². The van der Waals surface area contributed by atoms with Gasteiger partial charge < -0.3 is 14.6 Å². The van der Waals surface area contributed by atoms with E-state index in [4.69, 9.17) is 9.47 Å². The molecular weight excluding hydrogens is 334 g/mol. The van der Waals surface area contributed by atoms with E-state index in [-0.39, 0.29) is 18.6 Å². The number of hydrogen-bond acceptors (Lipinski definition) is 5. The first-order valence-electron chi connectivity index (χ1n) is 9.16. The van der Waals surface area contributed by atoms with Crippen LogP contribution in [0, 0.1) is 5.92 Å². The Hall–Kier alpha value is -2.08. The Morgan fingerprint density at radius 3 is 2.50 bits per heavy atom. The van der Waals surface area contributed by atoms with E-state index in [9.17, 15) is 14.7 Å². The van der Waals surface area contributed by atoms with Crippen molar-refractivity contribution in [2.24, 2.45) is 5.92 Å². The second-order valence-corrected chi connectivity index (χ2v) is 8.12. The maximum Gasteiger partial charge on any atom is 0.411 e. The quantitative estimate of drug-likeness (QED) is 0.838. The summed E-state index contributed by atoms with van der Waals surface area (Å²) in [6, 6.07) is 8.41. The van der Waals surface area contributed by atoms with Crippen molar-refractivity contribution in [3.05, 3.63) is 35.9 Å². The number of carbonyl (C=O) groups is 2. The third-order valence-electron chi connectivity index (χ3n) is 5.01. The molecule has 1 aromatic rings. The van der Waals surface area contributed by atoms with Crippen molar-refractivity contribution in [2.75, 3.05) is 0 Å². The number of benzene rings is 1. The highest BCUT2D eigenvalue weighted by Crippen LogP contribution is 2.41. The Morgan fingerprint density at radius 2 is 1.88 bits per heavy atom. The van der Waals surface area contributed by atoms with Gasteiger partial charge in [-0.05, 0) is 45.6 Å². The maximum absolute atomic E-state index is 12.8. The zero-order valence-electron chi connectivity index (χ0n) is 15.6. The molecular formula is C20H27NO5. The van der Waals surface area contributed by atoms with Crippen molar-refractivity contribution >= 4 is 12.1 Å². The summed E-state index contributed by atoms with van der Waals surface area (Å²) in [5.41, 5.74) is 0.233. The fourth-order valence-electron chi connectivity index (χ4n) is 3.88. The number of aliphatic hydroxyl groups excluding tert-OH is 1. The van der Waals surface area contributed by atoms with Gasteiger partial charge in [0, 0.05) is 12.0 Å². The molecule has 3 fully saturated rings. The first-order valence-corrected chi connectivity index (χ1v) is 9.16. The highest BCUT2D eigenvalue weighted by Gasteiger charge is 2.53. The monoisotopic (exact) mass is 361 g/mol. The molecule has 4 rings (SSSR count). The largest absolute Gasteiger partial charge is 0.459 e. The Bertz CT molecular complexity index is 654. The predicted molar refractivity (Wildman–Crippen MR) is 95.2 cm³/mol. The molecule has 1 aliphatic carbocycles. The fourth-order valence-corrected chi connectivity index (χ4v) is 3.88. The molecule has 1 unspecified atom stereocenters. The Balaban J connectivity index is 1.76. The molecule has 0 radical (unpaired) electrons. The minimum absolute atomic E-state index is 0.145. The summed E-state index contributed by atoms with van der Waals surface area (Å²) in [6.45, 7) is 5.53. The molecule has 26 heavy (non-hydrogen) atoms. The number of hydrogen-bond donors (Lipinski definition) is 1. The van der Waals surface area contributed by atoms with E-state index in [2.05, 4.69) is 0 Å². The van der Waals surface area contributed by atoms with Crippen LogP contribution in [-0.4, -0.2) is 45.9 Å². The van der Waals surface area contributed by atoms with E-state index in [1.807, 2.05) is 30.3 Å². The van der Waals surface area contributed by atoms with Crippen LogP contribution in [-0.2, 0) is 20.9 Å². The van der Waals surface area contributed by atoms with Crippen LogP contribution in [0.1, 0.15) is 45.6 Å². The smallest absolute Gasteiger partial charge is 0.411 e. The van der Waals surface area contributed by atoms with Crippen molar-refractivity contribution in [1.82, 2.24) is 4.90 Å². The lowest BCUT2D eigenvalue weighted by molar-refractivity contribution is -0.167. The molecule has 6 nitrogen and oxygen atoms in total. The van der Waals surface area contributed by atoms with Gasteiger partial charge in [0.05, 0.1) is 6.10 Å². The van der Waals surface area contributed by atoms with Crippen molar-refractivity contribution in [3.63, 3.8) is 0 Å². The number of carbonyl (C=O) groups excluding carboxylic acids is 2. The van der Waals surface area contributed by atoms with E-state index in [0.717, 1.165) is 12.0 Å². The molecule has 4 atom stereocenters. The van der Waals surface area contributed by atoms with Crippen molar-refractivity contribution in [2.45, 2.75) is 70.4 Å². The standard InChI is InChI=1S/C20H27NO5/c1-20(2,3)26-19(24)21-14-9-10-15(16(22)11-14)17(21)18(23)25-12-13-7-5-4-6-8-13/h4-8,14-17,22H,9-12H2,1-3H3/t14-,15+,16?,17-/m0/s1. The van der Waals surface area contributed by atoms with E-state index in [1.165, 1.54) is 4.90 Å².